The smallest absolute Gasteiger partial charge is 0.00773 e. The molecule has 13 heavy (non-hydrogen) atoms. The molecule has 0 aromatic carbocycles. The number of thioether (sulfide) groups is 1. The zero-order valence-corrected chi connectivity index (χ0v) is 10.4. The predicted molar refractivity (Wildman–Crippen MR) is 64.5 cm³/mol. The Morgan fingerprint density at radius 3 is 2.46 bits per heavy atom. The molecule has 0 fully saturated rings. The number of nitrogens with one attached hydrogen (secondary N) is 1. The monoisotopic (exact) mass is 203 g/mol. The maximum absolute atomic E-state index is 3.57. The van der Waals surface area contributed by atoms with E-state index in [1.807, 2.05) is 11.8 Å². The fourth-order valence-corrected chi connectivity index (χ4v) is 2.02. The van der Waals surface area contributed by atoms with Crippen LogP contribution in [0.4, 0.5) is 0 Å². The summed E-state index contributed by atoms with van der Waals surface area (Å²) in [5.74, 6) is 2.15. The van der Waals surface area contributed by atoms with Gasteiger partial charge in [0, 0.05) is 6.04 Å². The third-order valence-electron chi connectivity index (χ3n) is 2.55. The maximum atomic E-state index is 3.57. The zero-order valence-electron chi connectivity index (χ0n) is 9.60. The summed E-state index contributed by atoms with van der Waals surface area (Å²) in [5.41, 5.74) is 0. The van der Waals surface area contributed by atoms with Crippen LogP contribution >= 0.6 is 11.8 Å². The highest BCUT2D eigenvalue weighted by molar-refractivity contribution is 7.98. The average molecular weight is 203 g/mol. The number of hydrogen-bond acceptors (Lipinski definition) is 2. The Hall–Kier alpha value is 0.310. The molecule has 0 saturated heterocycles. The van der Waals surface area contributed by atoms with Crippen LogP contribution in [0.2, 0.25) is 0 Å². The molecule has 0 radical (unpaired) electrons. The van der Waals surface area contributed by atoms with E-state index in [4.69, 9.17) is 0 Å². The van der Waals surface area contributed by atoms with Crippen molar-refractivity contribution in [3.05, 3.63) is 0 Å². The largest absolute Gasteiger partial charge is 0.314 e. The second-order valence-corrected chi connectivity index (χ2v) is 4.77. The first-order valence-corrected chi connectivity index (χ1v) is 6.86. The van der Waals surface area contributed by atoms with Crippen LogP contribution in [0.25, 0.3) is 0 Å². The van der Waals surface area contributed by atoms with Crippen LogP contribution in [0.5, 0.6) is 0 Å². The Kier molecular flexibility index (Phi) is 9.10. The number of rotatable bonds is 8. The first kappa shape index (κ1) is 13.3. The molecule has 0 aliphatic carbocycles. The summed E-state index contributed by atoms with van der Waals surface area (Å²) in [6.07, 6.45) is 6.15. The van der Waals surface area contributed by atoms with Gasteiger partial charge in [-0.25, -0.2) is 0 Å². The van der Waals surface area contributed by atoms with Crippen molar-refractivity contribution in [3.63, 3.8) is 0 Å². The molecule has 0 amide bonds. The van der Waals surface area contributed by atoms with Crippen molar-refractivity contribution in [2.75, 3.05) is 18.6 Å². The van der Waals surface area contributed by atoms with E-state index in [2.05, 4.69) is 32.3 Å². The van der Waals surface area contributed by atoms with Gasteiger partial charge in [-0.1, -0.05) is 27.2 Å². The van der Waals surface area contributed by atoms with Gasteiger partial charge in [-0.05, 0) is 37.3 Å². The topological polar surface area (TPSA) is 12.0 Å². The third kappa shape index (κ3) is 7.39. The van der Waals surface area contributed by atoms with Crippen LogP contribution in [0, 0.1) is 5.92 Å². The van der Waals surface area contributed by atoms with E-state index >= 15 is 0 Å². The van der Waals surface area contributed by atoms with E-state index in [1.54, 1.807) is 0 Å². The Balaban J connectivity index is 3.65. The van der Waals surface area contributed by atoms with Crippen LogP contribution in [-0.4, -0.2) is 24.6 Å². The molecule has 80 valence electrons. The van der Waals surface area contributed by atoms with Crippen molar-refractivity contribution in [1.82, 2.24) is 5.32 Å². The van der Waals surface area contributed by atoms with Gasteiger partial charge in [-0.15, -0.1) is 0 Å². The molecule has 1 N–H and O–H groups in total. The minimum Gasteiger partial charge on any atom is -0.314 e. The molecule has 0 bridgehead atoms. The summed E-state index contributed by atoms with van der Waals surface area (Å²) in [5, 5.41) is 3.57. The molecule has 0 aliphatic rings. The molecular weight excluding hydrogens is 178 g/mol. The molecule has 2 heteroatoms. The van der Waals surface area contributed by atoms with Crippen molar-refractivity contribution in [2.45, 2.75) is 46.1 Å². The molecule has 0 rings (SSSR count). The summed E-state index contributed by atoms with van der Waals surface area (Å²) in [7, 11) is 0. The molecule has 1 nitrogen and oxygen atoms in total. The van der Waals surface area contributed by atoms with Gasteiger partial charge in [-0.3, -0.25) is 0 Å². The Morgan fingerprint density at radius 2 is 2.00 bits per heavy atom. The average Bonchev–Trinajstić information content (AvgIpc) is 2.14. The Morgan fingerprint density at radius 1 is 1.31 bits per heavy atom. The van der Waals surface area contributed by atoms with E-state index < -0.39 is 0 Å². The van der Waals surface area contributed by atoms with Gasteiger partial charge in [0.15, 0.2) is 0 Å². The third-order valence-corrected chi connectivity index (χ3v) is 3.19. The summed E-state index contributed by atoms with van der Waals surface area (Å²) in [4.78, 5) is 0. The quantitative estimate of drug-likeness (QED) is 0.650. The van der Waals surface area contributed by atoms with Crippen LogP contribution in [0.1, 0.15) is 40.0 Å². The van der Waals surface area contributed by atoms with E-state index in [1.165, 1.54) is 25.0 Å². The lowest BCUT2D eigenvalue weighted by Crippen LogP contribution is -2.31. The zero-order chi connectivity index (χ0) is 10.1. The molecule has 2 unspecified atom stereocenters. The van der Waals surface area contributed by atoms with Crippen molar-refractivity contribution in [1.29, 1.82) is 0 Å². The Bertz CT molecular complexity index is 106. The molecule has 0 aromatic heterocycles. The Labute approximate surface area is 88.1 Å². The molecule has 0 heterocycles. The lowest BCUT2D eigenvalue weighted by Gasteiger charge is -2.20. The summed E-state index contributed by atoms with van der Waals surface area (Å²) < 4.78 is 0. The lowest BCUT2D eigenvalue weighted by atomic mass is 9.98. The highest BCUT2D eigenvalue weighted by Gasteiger charge is 2.10. The van der Waals surface area contributed by atoms with Gasteiger partial charge in [0.2, 0.25) is 0 Å². The van der Waals surface area contributed by atoms with Crippen molar-refractivity contribution >= 4 is 11.8 Å². The van der Waals surface area contributed by atoms with Gasteiger partial charge in [0.1, 0.15) is 0 Å². The molecular formula is C11H25NS. The first-order chi connectivity index (χ1) is 6.24. The molecule has 0 spiro atoms. The van der Waals surface area contributed by atoms with Gasteiger partial charge in [-0.2, -0.15) is 11.8 Å². The summed E-state index contributed by atoms with van der Waals surface area (Å²) in [6.45, 7) is 7.93. The molecule has 0 saturated carbocycles. The minimum absolute atomic E-state index is 0.743. The fraction of sp³-hybridized carbons (Fsp3) is 1.00. The van der Waals surface area contributed by atoms with Crippen LogP contribution in [0.15, 0.2) is 0 Å². The second kappa shape index (κ2) is 8.89. The van der Waals surface area contributed by atoms with Gasteiger partial charge >= 0.3 is 0 Å². The maximum Gasteiger partial charge on any atom is 0.00773 e. The molecule has 2 atom stereocenters. The van der Waals surface area contributed by atoms with Crippen molar-refractivity contribution in [2.24, 2.45) is 5.92 Å². The summed E-state index contributed by atoms with van der Waals surface area (Å²) >= 11 is 1.95. The van der Waals surface area contributed by atoms with E-state index in [0.717, 1.165) is 18.5 Å². The van der Waals surface area contributed by atoms with E-state index in [9.17, 15) is 0 Å². The SMILES string of the molecule is CCNC(CCSC)CC(C)CC. The highest BCUT2D eigenvalue weighted by Crippen LogP contribution is 2.13. The lowest BCUT2D eigenvalue weighted by molar-refractivity contribution is 0.393. The van der Waals surface area contributed by atoms with Gasteiger partial charge < -0.3 is 5.32 Å². The van der Waals surface area contributed by atoms with Crippen molar-refractivity contribution < 1.29 is 0 Å². The standard InChI is InChI=1S/C11H25NS/c1-5-10(3)9-11(12-6-2)7-8-13-4/h10-12H,5-9H2,1-4H3. The van der Waals surface area contributed by atoms with Crippen LogP contribution in [0.3, 0.4) is 0 Å². The highest BCUT2D eigenvalue weighted by atomic mass is 32.2. The normalized spacial score (nSPS) is 15.7. The molecule has 0 aromatic rings. The van der Waals surface area contributed by atoms with E-state index in [0.29, 0.717) is 0 Å². The van der Waals surface area contributed by atoms with Crippen molar-refractivity contribution in [3.8, 4) is 0 Å². The van der Waals surface area contributed by atoms with Gasteiger partial charge in [0.25, 0.3) is 0 Å². The molecule has 0 aliphatic heterocycles. The first-order valence-electron chi connectivity index (χ1n) is 5.46. The van der Waals surface area contributed by atoms with Crippen LogP contribution < -0.4 is 5.32 Å². The minimum atomic E-state index is 0.743. The van der Waals surface area contributed by atoms with Gasteiger partial charge in [0.05, 0.1) is 0 Å². The second-order valence-electron chi connectivity index (χ2n) is 3.79. The van der Waals surface area contributed by atoms with Crippen LogP contribution in [-0.2, 0) is 0 Å². The summed E-state index contributed by atoms with van der Waals surface area (Å²) in [6, 6.07) is 0.743. The fourth-order valence-electron chi connectivity index (χ4n) is 1.50. The predicted octanol–water partition coefficient (Wildman–Crippen LogP) is 3.15. The number of hydrogen-bond donors (Lipinski definition) is 1. The van der Waals surface area contributed by atoms with E-state index in [-0.39, 0.29) is 0 Å².